The van der Waals surface area contributed by atoms with Crippen LogP contribution in [0.15, 0.2) is 30.3 Å². The lowest BCUT2D eigenvalue weighted by Gasteiger charge is -2.30. The van der Waals surface area contributed by atoms with Gasteiger partial charge in [-0.2, -0.15) is 0 Å². The highest BCUT2D eigenvalue weighted by Gasteiger charge is 2.25. The predicted molar refractivity (Wildman–Crippen MR) is 81.2 cm³/mol. The topological polar surface area (TPSA) is 38.3 Å². The molecule has 0 bridgehead atoms. The van der Waals surface area contributed by atoms with E-state index in [0.717, 1.165) is 18.6 Å². The number of ether oxygens (including phenoxy) is 1. The van der Waals surface area contributed by atoms with Crippen LogP contribution in [-0.4, -0.2) is 24.4 Å². The zero-order valence-electron chi connectivity index (χ0n) is 11.7. The van der Waals surface area contributed by atoms with Gasteiger partial charge in [0.15, 0.2) is 0 Å². The van der Waals surface area contributed by atoms with Gasteiger partial charge in [0.05, 0.1) is 13.0 Å². The number of hydrogen-bond donors (Lipinski definition) is 1. The molecule has 1 aromatic carbocycles. The van der Waals surface area contributed by atoms with Gasteiger partial charge in [-0.05, 0) is 30.9 Å². The molecule has 0 saturated heterocycles. The smallest absolute Gasteiger partial charge is 0.223 e. The van der Waals surface area contributed by atoms with E-state index < -0.39 is 0 Å². The van der Waals surface area contributed by atoms with Gasteiger partial charge in [-0.1, -0.05) is 31.0 Å². The number of nitrogens with one attached hydrogen (secondary N) is 1. The molecule has 1 aliphatic rings. The van der Waals surface area contributed by atoms with E-state index in [0.29, 0.717) is 24.8 Å². The Bertz CT molecular complexity index is 410. The summed E-state index contributed by atoms with van der Waals surface area (Å²) < 4.78 is 5.53. The van der Waals surface area contributed by atoms with Crippen molar-refractivity contribution in [2.75, 3.05) is 12.5 Å². The average Bonchev–Trinajstić information content (AvgIpc) is 2.49. The highest BCUT2D eigenvalue weighted by molar-refractivity contribution is 6.18. The van der Waals surface area contributed by atoms with Gasteiger partial charge < -0.3 is 10.1 Å². The summed E-state index contributed by atoms with van der Waals surface area (Å²) in [4.78, 5) is 11.9. The summed E-state index contributed by atoms with van der Waals surface area (Å²) in [5.74, 6) is 1.91. The molecule has 0 aromatic heterocycles. The van der Waals surface area contributed by atoms with Crippen LogP contribution in [0.25, 0.3) is 0 Å². The summed E-state index contributed by atoms with van der Waals surface area (Å²) in [6, 6.07) is 9.80. The van der Waals surface area contributed by atoms with Crippen molar-refractivity contribution in [3.63, 3.8) is 0 Å². The molecule has 3 nitrogen and oxygen atoms in total. The van der Waals surface area contributed by atoms with Crippen LogP contribution in [0.3, 0.4) is 0 Å². The quantitative estimate of drug-likeness (QED) is 0.817. The molecule has 1 saturated carbocycles. The Morgan fingerprint density at radius 3 is 2.75 bits per heavy atom. The molecule has 1 N–H and O–H groups in total. The molecule has 0 radical (unpaired) electrons. The number of hydrogen-bond acceptors (Lipinski definition) is 2. The molecule has 1 aliphatic carbocycles. The molecule has 20 heavy (non-hydrogen) atoms. The molecule has 0 heterocycles. The van der Waals surface area contributed by atoms with E-state index in [1.54, 1.807) is 0 Å². The number of amides is 1. The van der Waals surface area contributed by atoms with Crippen molar-refractivity contribution in [2.45, 2.75) is 38.1 Å². The first-order valence-corrected chi connectivity index (χ1v) is 7.86. The zero-order valence-corrected chi connectivity index (χ0v) is 12.4. The number of carbonyl (C=O) groups excluding carboxylic acids is 1. The fraction of sp³-hybridized carbons (Fsp3) is 0.562. The molecular formula is C16H22ClNO2. The fourth-order valence-corrected chi connectivity index (χ4v) is 3.01. The lowest BCUT2D eigenvalue weighted by Crippen LogP contribution is -2.43. The Labute approximate surface area is 125 Å². The minimum atomic E-state index is 0.0583. The number of carbonyl (C=O) groups is 1. The van der Waals surface area contributed by atoms with Crippen LogP contribution in [0.1, 0.15) is 32.1 Å². The third-order valence-corrected chi connectivity index (χ3v) is 4.19. The summed E-state index contributed by atoms with van der Waals surface area (Å²) >= 11 is 5.97. The van der Waals surface area contributed by atoms with Gasteiger partial charge in [-0.3, -0.25) is 4.79 Å². The maximum Gasteiger partial charge on any atom is 0.223 e. The Balaban J connectivity index is 1.69. The minimum absolute atomic E-state index is 0.0583. The normalized spacial score (nSPS) is 22.2. The van der Waals surface area contributed by atoms with Gasteiger partial charge in [0.25, 0.3) is 0 Å². The van der Waals surface area contributed by atoms with Gasteiger partial charge in [-0.25, -0.2) is 0 Å². The van der Waals surface area contributed by atoms with E-state index in [4.69, 9.17) is 16.3 Å². The van der Waals surface area contributed by atoms with E-state index >= 15 is 0 Å². The van der Waals surface area contributed by atoms with E-state index in [2.05, 4.69) is 5.32 Å². The van der Waals surface area contributed by atoms with Gasteiger partial charge in [0.1, 0.15) is 5.75 Å². The highest BCUT2D eigenvalue weighted by atomic mass is 35.5. The number of benzene rings is 1. The van der Waals surface area contributed by atoms with Crippen molar-refractivity contribution in [1.29, 1.82) is 0 Å². The van der Waals surface area contributed by atoms with Crippen molar-refractivity contribution in [2.24, 2.45) is 5.92 Å². The summed E-state index contributed by atoms with van der Waals surface area (Å²) in [7, 11) is 0. The summed E-state index contributed by atoms with van der Waals surface area (Å²) in [6.07, 6.45) is 4.96. The fourth-order valence-electron chi connectivity index (χ4n) is 2.64. The number of alkyl halides is 1. The second-order valence-corrected chi connectivity index (χ2v) is 5.59. The lowest BCUT2D eigenvalue weighted by atomic mass is 9.86. The van der Waals surface area contributed by atoms with Gasteiger partial charge >= 0.3 is 0 Å². The second kappa shape index (κ2) is 8.15. The van der Waals surface area contributed by atoms with Crippen molar-refractivity contribution in [1.82, 2.24) is 5.32 Å². The zero-order chi connectivity index (χ0) is 14.2. The van der Waals surface area contributed by atoms with Crippen LogP contribution >= 0.6 is 11.6 Å². The third-order valence-electron chi connectivity index (χ3n) is 3.79. The van der Waals surface area contributed by atoms with Crippen molar-refractivity contribution < 1.29 is 9.53 Å². The van der Waals surface area contributed by atoms with Crippen molar-refractivity contribution >= 4 is 17.5 Å². The van der Waals surface area contributed by atoms with Crippen LogP contribution in [0.5, 0.6) is 5.75 Å². The maximum atomic E-state index is 11.9. The SMILES string of the molecule is O=C(CCOc1ccccc1)NC1CCCCC1CCl. The molecule has 4 heteroatoms. The molecule has 2 rings (SSSR count). The summed E-state index contributed by atoms with van der Waals surface area (Å²) in [5.41, 5.74) is 0. The standard InChI is InChI=1S/C16H22ClNO2/c17-12-13-6-4-5-9-15(13)18-16(19)10-11-20-14-7-2-1-3-8-14/h1-3,7-8,13,15H,4-6,9-12H2,(H,18,19). The van der Waals surface area contributed by atoms with E-state index in [-0.39, 0.29) is 11.9 Å². The van der Waals surface area contributed by atoms with Gasteiger partial charge in [0.2, 0.25) is 5.91 Å². The largest absolute Gasteiger partial charge is 0.493 e. The summed E-state index contributed by atoms with van der Waals surface area (Å²) in [5, 5.41) is 3.10. The first kappa shape index (κ1) is 15.2. The van der Waals surface area contributed by atoms with E-state index in [1.807, 2.05) is 30.3 Å². The monoisotopic (exact) mass is 295 g/mol. The average molecular weight is 296 g/mol. The van der Waals surface area contributed by atoms with Crippen LogP contribution in [0, 0.1) is 5.92 Å². The molecule has 1 amide bonds. The number of halogens is 1. The lowest BCUT2D eigenvalue weighted by molar-refractivity contribution is -0.122. The molecule has 2 unspecified atom stereocenters. The first-order chi connectivity index (χ1) is 9.79. The molecule has 0 spiro atoms. The Kier molecular flexibility index (Phi) is 6.19. The van der Waals surface area contributed by atoms with Crippen molar-refractivity contribution in [3.05, 3.63) is 30.3 Å². The van der Waals surface area contributed by atoms with E-state index in [9.17, 15) is 4.79 Å². The molecule has 1 fully saturated rings. The predicted octanol–water partition coefficient (Wildman–Crippen LogP) is 3.37. The third kappa shape index (κ3) is 4.71. The van der Waals surface area contributed by atoms with Crippen molar-refractivity contribution in [3.8, 4) is 5.75 Å². The van der Waals surface area contributed by atoms with Crippen LogP contribution in [0.4, 0.5) is 0 Å². The van der Waals surface area contributed by atoms with Gasteiger partial charge in [0, 0.05) is 11.9 Å². The van der Waals surface area contributed by atoms with Crippen LogP contribution < -0.4 is 10.1 Å². The van der Waals surface area contributed by atoms with E-state index in [1.165, 1.54) is 12.8 Å². The Morgan fingerprint density at radius 1 is 1.25 bits per heavy atom. The van der Waals surface area contributed by atoms with Crippen LogP contribution in [0.2, 0.25) is 0 Å². The number of rotatable bonds is 6. The molecule has 1 aromatic rings. The Hall–Kier alpha value is -1.22. The highest BCUT2D eigenvalue weighted by Crippen LogP contribution is 2.25. The minimum Gasteiger partial charge on any atom is -0.493 e. The summed E-state index contributed by atoms with van der Waals surface area (Å²) in [6.45, 7) is 0.411. The van der Waals surface area contributed by atoms with Gasteiger partial charge in [-0.15, -0.1) is 11.6 Å². The Morgan fingerprint density at radius 2 is 2.00 bits per heavy atom. The maximum absolute atomic E-state index is 11.9. The molecule has 110 valence electrons. The first-order valence-electron chi connectivity index (χ1n) is 7.33. The number of para-hydroxylation sites is 1. The second-order valence-electron chi connectivity index (χ2n) is 5.28. The molecule has 2 atom stereocenters. The molecule has 0 aliphatic heterocycles. The van der Waals surface area contributed by atoms with Crippen LogP contribution in [-0.2, 0) is 4.79 Å². The molecular weight excluding hydrogens is 274 g/mol.